The maximum atomic E-state index is 14.4. The van der Waals surface area contributed by atoms with E-state index >= 15 is 0 Å². The van der Waals surface area contributed by atoms with Crippen LogP contribution in [-0.4, -0.2) is 18.2 Å². The zero-order valence-electron chi connectivity index (χ0n) is 19.5. The standard InChI is InChI=1S/C29H29FO4/c1-17(29(31)32)28(21-8-9-21)22-10-7-20-11-14-26(34-27(20)15-22)19-5-3-18(4-6-19)24-16-23(33-2)12-13-25(24)30/h3-7,10,12-13,15-17,21,26,28H,8-9,11,14H2,1-2H3,(H,31,32)/t17?,26-,28?/m0/s1. The Hall–Kier alpha value is -3.34. The lowest BCUT2D eigenvalue weighted by Gasteiger charge is -2.29. The molecule has 1 heterocycles. The van der Waals surface area contributed by atoms with Gasteiger partial charge in [-0.15, -0.1) is 0 Å². The molecule has 1 fully saturated rings. The van der Waals surface area contributed by atoms with E-state index in [-0.39, 0.29) is 17.8 Å². The maximum absolute atomic E-state index is 14.4. The van der Waals surface area contributed by atoms with Crippen LogP contribution in [0, 0.1) is 17.7 Å². The van der Waals surface area contributed by atoms with Crippen LogP contribution < -0.4 is 9.47 Å². The third kappa shape index (κ3) is 4.39. The minimum Gasteiger partial charge on any atom is -0.497 e. The number of benzene rings is 3. The van der Waals surface area contributed by atoms with Crippen LogP contribution in [0.15, 0.2) is 60.7 Å². The van der Waals surface area contributed by atoms with Gasteiger partial charge in [-0.2, -0.15) is 0 Å². The maximum Gasteiger partial charge on any atom is 0.306 e. The second-order valence-corrected chi connectivity index (χ2v) is 9.47. The molecule has 1 aliphatic carbocycles. The highest BCUT2D eigenvalue weighted by Crippen LogP contribution is 2.48. The van der Waals surface area contributed by atoms with Crippen molar-refractivity contribution in [2.24, 2.45) is 11.8 Å². The summed E-state index contributed by atoms with van der Waals surface area (Å²) in [4.78, 5) is 11.7. The number of carbonyl (C=O) groups is 1. The van der Waals surface area contributed by atoms with Gasteiger partial charge in [0.1, 0.15) is 23.4 Å². The molecule has 1 N–H and O–H groups in total. The monoisotopic (exact) mass is 460 g/mol. The van der Waals surface area contributed by atoms with E-state index in [1.54, 1.807) is 26.2 Å². The lowest BCUT2D eigenvalue weighted by atomic mass is 9.82. The first-order valence-corrected chi connectivity index (χ1v) is 11.9. The van der Waals surface area contributed by atoms with Crippen LogP contribution >= 0.6 is 0 Å². The Morgan fingerprint density at radius 3 is 2.50 bits per heavy atom. The molecule has 0 aromatic heterocycles. The van der Waals surface area contributed by atoms with Crippen molar-refractivity contribution in [3.8, 4) is 22.6 Å². The van der Waals surface area contributed by atoms with E-state index in [0.29, 0.717) is 17.2 Å². The molecule has 0 saturated heterocycles. The second-order valence-electron chi connectivity index (χ2n) is 9.47. The van der Waals surface area contributed by atoms with Crippen LogP contribution in [0.4, 0.5) is 4.39 Å². The van der Waals surface area contributed by atoms with Gasteiger partial charge < -0.3 is 14.6 Å². The third-order valence-corrected chi connectivity index (χ3v) is 7.25. The molecule has 3 aromatic rings. The first-order chi connectivity index (χ1) is 16.4. The SMILES string of the molecule is COc1ccc(F)c(-c2ccc([C@@H]3CCc4ccc(C(C5CC5)C(C)C(=O)O)cc4O3)cc2)c1. The summed E-state index contributed by atoms with van der Waals surface area (Å²) >= 11 is 0. The number of fused-ring (bicyclic) bond motifs is 1. The van der Waals surface area contributed by atoms with E-state index in [1.165, 1.54) is 6.07 Å². The summed E-state index contributed by atoms with van der Waals surface area (Å²) in [6.45, 7) is 1.81. The highest BCUT2D eigenvalue weighted by Gasteiger charge is 2.39. The number of aryl methyl sites for hydroxylation is 1. The summed E-state index contributed by atoms with van der Waals surface area (Å²) in [6, 6.07) is 18.8. The summed E-state index contributed by atoms with van der Waals surface area (Å²) in [5.41, 5.74) is 4.55. The second kappa shape index (κ2) is 9.13. The molecule has 0 bridgehead atoms. The molecule has 0 spiro atoms. The molecule has 5 rings (SSSR count). The summed E-state index contributed by atoms with van der Waals surface area (Å²) < 4.78 is 26.0. The fourth-order valence-corrected chi connectivity index (χ4v) is 5.14. The van der Waals surface area contributed by atoms with Gasteiger partial charge >= 0.3 is 5.97 Å². The molecule has 34 heavy (non-hydrogen) atoms. The molecule has 176 valence electrons. The lowest BCUT2D eigenvalue weighted by Crippen LogP contribution is -2.21. The van der Waals surface area contributed by atoms with E-state index in [1.807, 2.05) is 24.3 Å². The number of ether oxygens (including phenoxy) is 2. The number of rotatable bonds is 7. The summed E-state index contributed by atoms with van der Waals surface area (Å²) in [7, 11) is 1.57. The fraction of sp³-hybridized carbons (Fsp3) is 0.345. The first-order valence-electron chi connectivity index (χ1n) is 11.9. The Kier molecular flexibility index (Phi) is 6.03. The van der Waals surface area contributed by atoms with Crippen LogP contribution in [0.5, 0.6) is 11.5 Å². The average Bonchev–Trinajstić information content (AvgIpc) is 3.69. The van der Waals surface area contributed by atoms with Crippen molar-refractivity contribution in [3.05, 3.63) is 83.2 Å². The minimum absolute atomic E-state index is 0.0174. The predicted octanol–water partition coefficient (Wildman–Crippen LogP) is 6.78. The zero-order valence-corrected chi connectivity index (χ0v) is 19.5. The van der Waals surface area contributed by atoms with Gasteiger partial charge in [0.2, 0.25) is 0 Å². The Morgan fingerprint density at radius 1 is 1.06 bits per heavy atom. The van der Waals surface area contributed by atoms with E-state index in [4.69, 9.17) is 9.47 Å². The molecular formula is C29H29FO4. The Labute approximate surface area is 199 Å². The van der Waals surface area contributed by atoms with Crippen LogP contribution in [0.1, 0.15) is 54.9 Å². The highest BCUT2D eigenvalue weighted by atomic mass is 19.1. The van der Waals surface area contributed by atoms with Gasteiger partial charge in [0.05, 0.1) is 13.0 Å². The molecule has 3 aromatic carbocycles. The zero-order chi connectivity index (χ0) is 23.8. The number of carboxylic acids is 1. The van der Waals surface area contributed by atoms with Crippen LogP contribution in [0.2, 0.25) is 0 Å². The minimum atomic E-state index is -0.749. The molecule has 2 unspecified atom stereocenters. The molecular weight excluding hydrogens is 431 g/mol. The number of hydrogen-bond acceptors (Lipinski definition) is 3. The van der Waals surface area contributed by atoms with Crippen molar-refractivity contribution in [2.75, 3.05) is 7.11 Å². The molecule has 5 heteroatoms. The predicted molar refractivity (Wildman–Crippen MR) is 129 cm³/mol. The van der Waals surface area contributed by atoms with Crippen molar-refractivity contribution >= 4 is 5.97 Å². The van der Waals surface area contributed by atoms with Gasteiger partial charge in [-0.3, -0.25) is 4.79 Å². The number of hydrogen-bond donors (Lipinski definition) is 1. The average molecular weight is 461 g/mol. The molecule has 1 aliphatic heterocycles. The number of methoxy groups -OCH3 is 1. The van der Waals surface area contributed by atoms with Gasteiger partial charge in [0, 0.05) is 5.56 Å². The normalized spacial score (nSPS) is 19.0. The summed E-state index contributed by atoms with van der Waals surface area (Å²) in [5.74, 6) is 0.460. The number of halogens is 1. The Morgan fingerprint density at radius 2 is 1.82 bits per heavy atom. The van der Waals surface area contributed by atoms with E-state index in [0.717, 1.165) is 53.7 Å². The molecule has 0 amide bonds. The van der Waals surface area contributed by atoms with Gasteiger partial charge in [-0.25, -0.2) is 4.39 Å². The highest BCUT2D eigenvalue weighted by molar-refractivity contribution is 5.71. The molecule has 0 radical (unpaired) electrons. The third-order valence-electron chi connectivity index (χ3n) is 7.25. The number of carboxylic acid groups (broad SMARTS) is 1. The fourth-order valence-electron chi connectivity index (χ4n) is 5.14. The molecule has 3 atom stereocenters. The topological polar surface area (TPSA) is 55.8 Å². The molecule has 2 aliphatic rings. The lowest BCUT2D eigenvalue weighted by molar-refractivity contribution is -0.142. The van der Waals surface area contributed by atoms with Gasteiger partial charge in [0.15, 0.2) is 0 Å². The van der Waals surface area contributed by atoms with E-state index in [2.05, 4.69) is 18.2 Å². The van der Waals surface area contributed by atoms with Crippen LogP contribution in [0.3, 0.4) is 0 Å². The van der Waals surface area contributed by atoms with Crippen molar-refractivity contribution in [1.82, 2.24) is 0 Å². The molecule has 1 saturated carbocycles. The van der Waals surface area contributed by atoms with Gasteiger partial charge in [0.25, 0.3) is 0 Å². The largest absolute Gasteiger partial charge is 0.497 e. The molecule has 4 nitrogen and oxygen atoms in total. The summed E-state index contributed by atoms with van der Waals surface area (Å²) in [5, 5.41) is 9.61. The van der Waals surface area contributed by atoms with Crippen molar-refractivity contribution < 1.29 is 23.8 Å². The smallest absolute Gasteiger partial charge is 0.306 e. The van der Waals surface area contributed by atoms with Crippen molar-refractivity contribution in [1.29, 1.82) is 0 Å². The van der Waals surface area contributed by atoms with E-state index in [9.17, 15) is 14.3 Å². The van der Waals surface area contributed by atoms with E-state index < -0.39 is 11.9 Å². The van der Waals surface area contributed by atoms with Crippen molar-refractivity contribution in [2.45, 2.75) is 44.6 Å². The Bertz CT molecular complexity index is 1200. The summed E-state index contributed by atoms with van der Waals surface area (Å²) in [6.07, 6.45) is 3.83. The van der Waals surface area contributed by atoms with Crippen LogP contribution in [0.25, 0.3) is 11.1 Å². The Balaban J connectivity index is 1.37. The van der Waals surface area contributed by atoms with Crippen molar-refractivity contribution in [3.63, 3.8) is 0 Å². The van der Waals surface area contributed by atoms with Gasteiger partial charge in [-0.1, -0.05) is 43.3 Å². The van der Waals surface area contributed by atoms with Gasteiger partial charge in [-0.05, 0) is 84.0 Å². The van der Waals surface area contributed by atoms with Crippen LogP contribution in [-0.2, 0) is 11.2 Å². The quantitative estimate of drug-likeness (QED) is 0.422. The number of aliphatic carboxylic acids is 1. The first kappa shape index (κ1) is 22.5.